The van der Waals surface area contributed by atoms with Gasteiger partial charge in [0.25, 0.3) is 0 Å². The molecule has 1 heterocycles. The van der Waals surface area contributed by atoms with Gasteiger partial charge in [-0.25, -0.2) is 0 Å². The van der Waals surface area contributed by atoms with Gasteiger partial charge in [0.2, 0.25) is 11.8 Å². The lowest BCUT2D eigenvalue weighted by Crippen LogP contribution is -2.30. The van der Waals surface area contributed by atoms with Crippen LogP contribution in [0.15, 0.2) is 48.5 Å². The zero-order valence-electron chi connectivity index (χ0n) is 15.9. The van der Waals surface area contributed by atoms with E-state index >= 15 is 0 Å². The van der Waals surface area contributed by atoms with Crippen molar-refractivity contribution in [2.75, 3.05) is 28.6 Å². The van der Waals surface area contributed by atoms with Crippen molar-refractivity contribution in [2.24, 2.45) is 0 Å². The van der Waals surface area contributed by atoms with Gasteiger partial charge >= 0.3 is 0 Å². The Labute approximate surface area is 170 Å². The first-order chi connectivity index (χ1) is 13.5. The van der Waals surface area contributed by atoms with Crippen LogP contribution in [-0.2, 0) is 9.59 Å². The van der Waals surface area contributed by atoms with E-state index in [4.69, 9.17) is 11.6 Å². The second kappa shape index (κ2) is 9.42. The smallest absolute Gasteiger partial charge is 0.248 e. The SMILES string of the molecule is CC(=O)Nc1ccc(/C=C/C(=O)Nc2cc(Cl)ccc2N2CCCCC2)cc1. The number of benzene rings is 2. The third-order valence-electron chi connectivity index (χ3n) is 4.57. The number of carbonyl (C=O) groups is 2. The van der Waals surface area contributed by atoms with Crippen LogP contribution in [-0.4, -0.2) is 24.9 Å². The maximum atomic E-state index is 12.4. The van der Waals surface area contributed by atoms with Crippen molar-refractivity contribution in [2.45, 2.75) is 26.2 Å². The first-order valence-corrected chi connectivity index (χ1v) is 9.80. The van der Waals surface area contributed by atoms with E-state index in [1.54, 1.807) is 24.3 Å². The van der Waals surface area contributed by atoms with Crippen LogP contribution in [0.3, 0.4) is 0 Å². The summed E-state index contributed by atoms with van der Waals surface area (Å²) in [5.41, 5.74) is 3.32. The minimum Gasteiger partial charge on any atom is -0.370 e. The van der Waals surface area contributed by atoms with Crippen LogP contribution >= 0.6 is 11.6 Å². The number of halogens is 1. The monoisotopic (exact) mass is 397 g/mol. The molecule has 0 spiro atoms. The van der Waals surface area contributed by atoms with Crippen molar-refractivity contribution in [1.82, 2.24) is 0 Å². The van der Waals surface area contributed by atoms with Crippen LogP contribution in [0, 0.1) is 0 Å². The maximum Gasteiger partial charge on any atom is 0.248 e. The number of anilines is 3. The summed E-state index contributed by atoms with van der Waals surface area (Å²) in [5, 5.41) is 6.25. The van der Waals surface area contributed by atoms with E-state index in [-0.39, 0.29) is 11.8 Å². The number of hydrogen-bond acceptors (Lipinski definition) is 3. The van der Waals surface area contributed by atoms with Gasteiger partial charge in [0.1, 0.15) is 0 Å². The highest BCUT2D eigenvalue weighted by atomic mass is 35.5. The summed E-state index contributed by atoms with van der Waals surface area (Å²) in [6.45, 7) is 3.44. The van der Waals surface area contributed by atoms with Gasteiger partial charge in [-0.05, 0) is 61.2 Å². The molecule has 2 aromatic carbocycles. The predicted octanol–water partition coefficient (Wildman–Crippen LogP) is 4.94. The molecule has 0 aromatic heterocycles. The molecule has 1 aliphatic rings. The van der Waals surface area contributed by atoms with Gasteiger partial charge in [-0.3, -0.25) is 9.59 Å². The first kappa shape index (κ1) is 20.0. The number of nitrogens with one attached hydrogen (secondary N) is 2. The van der Waals surface area contributed by atoms with E-state index in [1.807, 2.05) is 24.3 Å². The Balaban J connectivity index is 1.68. The molecule has 5 nitrogen and oxygen atoms in total. The second-order valence-corrected chi connectivity index (χ2v) is 7.27. The van der Waals surface area contributed by atoms with Crippen LogP contribution in [0.5, 0.6) is 0 Å². The van der Waals surface area contributed by atoms with E-state index in [0.29, 0.717) is 5.02 Å². The highest BCUT2D eigenvalue weighted by molar-refractivity contribution is 6.31. The highest BCUT2D eigenvalue weighted by Crippen LogP contribution is 2.31. The summed E-state index contributed by atoms with van der Waals surface area (Å²) < 4.78 is 0. The fourth-order valence-corrected chi connectivity index (χ4v) is 3.42. The second-order valence-electron chi connectivity index (χ2n) is 6.83. The zero-order valence-corrected chi connectivity index (χ0v) is 16.6. The molecule has 0 unspecified atom stereocenters. The minimum atomic E-state index is -0.216. The number of rotatable bonds is 5. The lowest BCUT2D eigenvalue weighted by atomic mass is 10.1. The molecule has 1 saturated heterocycles. The molecule has 6 heteroatoms. The van der Waals surface area contributed by atoms with Crippen molar-refractivity contribution in [1.29, 1.82) is 0 Å². The van der Waals surface area contributed by atoms with Crippen LogP contribution in [0.4, 0.5) is 17.1 Å². The zero-order chi connectivity index (χ0) is 19.9. The third kappa shape index (κ3) is 5.60. The quantitative estimate of drug-likeness (QED) is 0.702. The fraction of sp³-hybridized carbons (Fsp3) is 0.273. The molecule has 2 amide bonds. The molecule has 28 heavy (non-hydrogen) atoms. The van der Waals surface area contributed by atoms with Crippen LogP contribution in [0.25, 0.3) is 6.08 Å². The van der Waals surface area contributed by atoms with E-state index in [0.717, 1.165) is 48.6 Å². The number of hydrogen-bond donors (Lipinski definition) is 2. The average Bonchev–Trinajstić information content (AvgIpc) is 2.68. The van der Waals surface area contributed by atoms with Gasteiger partial charge in [0, 0.05) is 36.8 Å². The van der Waals surface area contributed by atoms with E-state index < -0.39 is 0 Å². The Morgan fingerprint density at radius 3 is 2.39 bits per heavy atom. The fourth-order valence-electron chi connectivity index (χ4n) is 3.25. The average molecular weight is 398 g/mol. The molecule has 3 rings (SSSR count). The minimum absolute atomic E-state index is 0.117. The number of amides is 2. The Kier molecular flexibility index (Phi) is 6.71. The number of carbonyl (C=O) groups excluding carboxylic acids is 2. The van der Waals surface area contributed by atoms with Crippen LogP contribution < -0.4 is 15.5 Å². The topological polar surface area (TPSA) is 61.4 Å². The molecule has 2 aromatic rings. The summed E-state index contributed by atoms with van der Waals surface area (Å²) >= 11 is 6.15. The van der Waals surface area contributed by atoms with Gasteiger partial charge in [-0.2, -0.15) is 0 Å². The van der Waals surface area contributed by atoms with Crippen molar-refractivity contribution in [3.05, 3.63) is 59.1 Å². The van der Waals surface area contributed by atoms with Gasteiger partial charge in [0.15, 0.2) is 0 Å². The van der Waals surface area contributed by atoms with Gasteiger partial charge in [-0.1, -0.05) is 23.7 Å². The molecule has 1 aliphatic heterocycles. The van der Waals surface area contributed by atoms with Crippen molar-refractivity contribution in [3.8, 4) is 0 Å². The third-order valence-corrected chi connectivity index (χ3v) is 4.81. The molecular weight excluding hydrogens is 374 g/mol. The van der Waals surface area contributed by atoms with E-state index in [1.165, 1.54) is 19.4 Å². The van der Waals surface area contributed by atoms with Crippen molar-refractivity contribution in [3.63, 3.8) is 0 Å². The molecule has 0 aliphatic carbocycles. The van der Waals surface area contributed by atoms with Crippen LogP contribution in [0.2, 0.25) is 5.02 Å². The molecule has 0 saturated carbocycles. The Bertz CT molecular complexity index is 872. The highest BCUT2D eigenvalue weighted by Gasteiger charge is 2.15. The Morgan fingerprint density at radius 2 is 1.71 bits per heavy atom. The summed E-state index contributed by atoms with van der Waals surface area (Å²) in [7, 11) is 0. The van der Waals surface area contributed by atoms with Crippen LogP contribution in [0.1, 0.15) is 31.7 Å². The normalized spacial score (nSPS) is 14.1. The van der Waals surface area contributed by atoms with Gasteiger partial charge in [-0.15, -0.1) is 0 Å². The summed E-state index contributed by atoms with van der Waals surface area (Å²) in [5.74, 6) is -0.333. The molecule has 2 N–H and O–H groups in total. The standard InChI is InChI=1S/C22H24ClN3O2/c1-16(27)24-19-9-5-17(6-10-19)7-12-22(28)25-20-15-18(23)8-11-21(20)26-13-3-2-4-14-26/h5-12,15H,2-4,13-14H2,1H3,(H,24,27)(H,25,28)/b12-7+. The number of piperidine rings is 1. The Morgan fingerprint density at radius 1 is 1.00 bits per heavy atom. The number of nitrogens with zero attached hydrogens (tertiary/aromatic N) is 1. The molecule has 0 atom stereocenters. The van der Waals surface area contributed by atoms with Gasteiger partial charge in [0.05, 0.1) is 11.4 Å². The predicted molar refractivity (Wildman–Crippen MR) is 116 cm³/mol. The largest absolute Gasteiger partial charge is 0.370 e. The molecule has 0 bridgehead atoms. The maximum absolute atomic E-state index is 12.4. The summed E-state index contributed by atoms with van der Waals surface area (Å²) in [6, 6.07) is 12.9. The van der Waals surface area contributed by atoms with E-state index in [2.05, 4.69) is 15.5 Å². The molecular formula is C22H24ClN3O2. The van der Waals surface area contributed by atoms with Gasteiger partial charge < -0.3 is 15.5 Å². The molecule has 0 radical (unpaired) electrons. The van der Waals surface area contributed by atoms with E-state index in [9.17, 15) is 9.59 Å². The lowest BCUT2D eigenvalue weighted by Gasteiger charge is -2.30. The summed E-state index contributed by atoms with van der Waals surface area (Å²) in [6.07, 6.45) is 6.79. The lowest BCUT2D eigenvalue weighted by molar-refractivity contribution is -0.114. The molecule has 146 valence electrons. The van der Waals surface area contributed by atoms with Crippen molar-refractivity contribution >= 4 is 46.6 Å². The first-order valence-electron chi connectivity index (χ1n) is 9.42. The Hall–Kier alpha value is -2.79. The molecule has 1 fully saturated rings. The van der Waals surface area contributed by atoms with Crippen molar-refractivity contribution < 1.29 is 9.59 Å². The summed E-state index contributed by atoms with van der Waals surface area (Å²) in [4.78, 5) is 25.8.